The van der Waals surface area contributed by atoms with Crippen LogP contribution in [0.25, 0.3) is 21.9 Å². The van der Waals surface area contributed by atoms with Gasteiger partial charge in [0.2, 0.25) is 0 Å². The topological polar surface area (TPSA) is 133 Å². The average molecular weight is 485 g/mol. The van der Waals surface area contributed by atoms with Gasteiger partial charge in [0.25, 0.3) is 0 Å². The molecule has 4 N–H and O–H groups in total. The van der Waals surface area contributed by atoms with Crippen molar-refractivity contribution in [1.82, 2.24) is 20.9 Å². The Bertz CT molecular complexity index is 1130. The molecule has 2 aliphatic rings. The van der Waals surface area contributed by atoms with Crippen LogP contribution in [0.5, 0.6) is 11.5 Å². The van der Waals surface area contributed by atoms with E-state index in [1.807, 2.05) is 36.4 Å². The number of methoxy groups -OCH3 is 2. The van der Waals surface area contributed by atoms with Crippen molar-refractivity contribution in [2.24, 2.45) is 0 Å². The Morgan fingerprint density at radius 3 is 1.46 bits per heavy atom. The fourth-order valence-electron chi connectivity index (χ4n) is 4.27. The number of nitrogens with zero attached hydrogens (tertiary/aromatic N) is 4. The van der Waals surface area contributed by atoms with E-state index in [1.165, 1.54) is 0 Å². The molecular formula is C24H32N6O5. The molecule has 0 atom stereocenters. The molecule has 2 aromatic heterocycles. The molecule has 2 saturated heterocycles. The quantitative estimate of drug-likeness (QED) is 0.441. The minimum atomic E-state index is 0. The number of nitrogens with one attached hydrogen (secondary N) is 2. The van der Waals surface area contributed by atoms with Crippen molar-refractivity contribution in [3.8, 4) is 11.5 Å². The number of benzene rings is 2. The monoisotopic (exact) mass is 484 g/mol. The molecule has 11 nitrogen and oxygen atoms in total. The number of hydrogen-bond donors (Lipinski definition) is 2. The second-order valence-corrected chi connectivity index (χ2v) is 8.21. The van der Waals surface area contributed by atoms with E-state index >= 15 is 0 Å². The van der Waals surface area contributed by atoms with Crippen LogP contribution in [0.3, 0.4) is 0 Å². The van der Waals surface area contributed by atoms with Crippen LogP contribution in [-0.2, 0) is 0 Å². The SMILES string of the molecule is COc1ccc2c(N3CCNCC3)noc2c1.COc1ccc2c(N3CCNCC3)noc2c1.O. The third kappa shape index (κ3) is 5.26. The highest BCUT2D eigenvalue weighted by Gasteiger charge is 2.19. The standard InChI is InChI=1S/2C12H15N3O2.H2O/c2*1-16-9-2-3-10-11(8-9)17-14-12(10)15-6-4-13-5-7-15;/h2*2-3,8,13H,4-7H2,1H3;1H2. The van der Waals surface area contributed by atoms with Crippen molar-refractivity contribution in [3.63, 3.8) is 0 Å². The third-order valence-electron chi connectivity index (χ3n) is 6.15. The first-order valence-electron chi connectivity index (χ1n) is 11.5. The van der Waals surface area contributed by atoms with E-state index in [1.54, 1.807) is 14.2 Å². The van der Waals surface area contributed by atoms with E-state index in [0.717, 1.165) is 97.4 Å². The molecule has 4 heterocycles. The van der Waals surface area contributed by atoms with E-state index in [2.05, 4.69) is 30.7 Å². The molecule has 6 rings (SSSR count). The summed E-state index contributed by atoms with van der Waals surface area (Å²) in [5.74, 6) is 3.45. The van der Waals surface area contributed by atoms with Crippen LogP contribution < -0.4 is 29.9 Å². The van der Waals surface area contributed by atoms with Gasteiger partial charge in [-0.25, -0.2) is 0 Å². The van der Waals surface area contributed by atoms with Crippen LogP contribution in [0.4, 0.5) is 11.6 Å². The zero-order valence-electron chi connectivity index (χ0n) is 20.0. The molecule has 0 bridgehead atoms. The second kappa shape index (κ2) is 11.3. The highest BCUT2D eigenvalue weighted by Crippen LogP contribution is 2.30. The first kappa shape index (κ1) is 24.6. The predicted octanol–water partition coefficient (Wildman–Crippen LogP) is 1.67. The number of rotatable bonds is 4. The summed E-state index contributed by atoms with van der Waals surface area (Å²) in [5, 5.41) is 17.1. The summed E-state index contributed by atoms with van der Waals surface area (Å²) >= 11 is 0. The fraction of sp³-hybridized carbons (Fsp3) is 0.417. The van der Waals surface area contributed by atoms with Gasteiger partial charge in [-0.3, -0.25) is 0 Å². The lowest BCUT2D eigenvalue weighted by Gasteiger charge is -2.26. The van der Waals surface area contributed by atoms with Crippen LogP contribution in [0, 0.1) is 0 Å². The lowest BCUT2D eigenvalue weighted by molar-refractivity contribution is 0.411. The first-order valence-corrected chi connectivity index (χ1v) is 11.5. The number of hydrogen-bond acceptors (Lipinski definition) is 10. The Morgan fingerprint density at radius 1 is 0.686 bits per heavy atom. The largest absolute Gasteiger partial charge is 0.497 e. The van der Waals surface area contributed by atoms with Crippen LogP contribution in [-0.4, -0.2) is 82.4 Å². The maximum Gasteiger partial charge on any atom is 0.180 e. The minimum absolute atomic E-state index is 0. The van der Waals surface area contributed by atoms with Gasteiger partial charge in [-0.1, -0.05) is 10.3 Å². The number of ether oxygens (including phenoxy) is 2. The molecule has 0 radical (unpaired) electrons. The summed E-state index contributed by atoms with van der Waals surface area (Å²) in [4.78, 5) is 4.49. The molecule has 0 spiro atoms. The second-order valence-electron chi connectivity index (χ2n) is 8.21. The molecule has 0 unspecified atom stereocenters. The van der Waals surface area contributed by atoms with Gasteiger partial charge in [-0.2, -0.15) is 0 Å². The van der Waals surface area contributed by atoms with Crippen LogP contribution in [0.1, 0.15) is 0 Å². The number of piperazine rings is 2. The van der Waals surface area contributed by atoms with E-state index in [9.17, 15) is 0 Å². The molecule has 188 valence electrons. The number of fused-ring (bicyclic) bond motifs is 2. The maximum absolute atomic E-state index is 5.35. The average Bonchev–Trinajstić information content (AvgIpc) is 3.53. The molecule has 2 fully saturated rings. The molecule has 2 aromatic carbocycles. The van der Waals surface area contributed by atoms with E-state index in [0.29, 0.717) is 0 Å². The van der Waals surface area contributed by atoms with Gasteiger partial charge >= 0.3 is 0 Å². The molecular weight excluding hydrogens is 452 g/mol. The van der Waals surface area contributed by atoms with Crippen LogP contribution in [0.15, 0.2) is 45.4 Å². The summed E-state index contributed by atoms with van der Waals surface area (Å²) in [6, 6.07) is 11.6. The van der Waals surface area contributed by atoms with Gasteiger partial charge in [-0.15, -0.1) is 0 Å². The Kier molecular flexibility index (Phi) is 7.91. The summed E-state index contributed by atoms with van der Waals surface area (Å²) in [7, 11) is 3.30. The van der Waals surface area contributed by atoms with Gasteiger partial charge < -0.3 is 44.4 Å². The van der Waals surface area contributed by atoms with Crippen LogP contribution >= 0.6 is 0 Å². The summed E-state index contributed by atoms with van der Waals surface area (Å²) in [5.41, 5.74) is 1.55. The lowest BCUT2D eigenvalue weighted by atomic mass is 10.2. The van der Waals surface area contributed by atoms with E-state index < -0.39 is 0 Å². The zero-order valence-corrected chi connectivity index (χ0v) is 20.0. The Morgan fingerprint density at radius 2 is 1.09 bits per heavy atom. The third-order valence-corrected chi connectivity index (χ3v) is 6.15. The smallest absolute Gasteiger partial charge is 0.180 e. The molecule has 0 aliphatic carbocycles. The molecule has 2 aliphatic heterocycles. The van der Waals surface area contributed by atoms with Crippen molar-refractivity contribution in [2.45, 2.75) is 0 Å². The van der Waals surface area contributed by atoms with Crippen molar-refractivity contribution in [3.05, 3.63) is 36.4 Å². The van der Waals surface area contributed by atoms with Gasteiger partial charge in [0.15, 0.2) is 22.8 Å². The maximum atomic E-state index is 5.35. The Hall–Kier alpha value is -3.54. The van der Waals surface area contributed by atoms with Crippen molar-refractivity contribution < 1.29 is 24.0 Å². The normalized spacial score (nSPS) is 15.9. The van der Waals surface area contributed by atoms with Crippen molar-refractivity contribution in [2.75, 3.05) is 76.4 Å². The summed E-state index contributed by atoms with van der Waals surface area (Å²) < 4.78 is 21.0. The van der Waals surface area contributed by atoms with Crippen molar-refractivity contribution in [1.29, 1.82) is 0 Å². The first-order chi connectivity index (χ1) is 16.8. The molecule has 35 heavy (non-hydrogen) atoms. The number of anilines is 2. The van der Waals surface area contributed by atoms with Gasteiger partial charge in [0.05, 0.1) is 25.0 Å². The van der Waals surface area contributed by atoms with Gasteiger partial charge in [0.1, 0.15) is 11.5 Å². The molecule has 4 aromatic rings. The fourth-order valence-corrected chi connectivity index (χ4v) is 4.27. The molecule has 0 amide bonds. The Balaban J connectivity index is 0.000000160. The molecule has 11 heteroatoms. The minimum Gasteiger partial charge on any atom is -0.497 e. The van der Waals surface area contributed by atoms with Gasteiger partial charge in [-0.05, 0) is 24.3 Å². The van der Waals surface area contributed by atoms with Crippen molar-refractivity contribution >= 4 is 33.6 Å². The van der Waals surface area contributed by atoms with E-state index in [-0.39, 0.29) is 5.48 Å². The van der Waals surface area contributed by atoms with E-state index in [4.69, 9.17) is 18.5 Å². The zero-order chi connectivity index (χ0) is 23.3. The predicted molar refractivity (Wildman–Crippen MR) is 135 cm³/mol. The number of aromatic nitrogens is 2. The Labute approximate surface area is 203 Å². The van der Waals surface area contributed by atoms with Gasteiger partial charge in [0, 0.05) is 64.5 Å². The van der Waals surface area contributed by atoms with Crippen LogP contribution in [0.2, 0.25) is 0 Å². The highest BCUT2D eigenvalue weighted by atomic mass is 16.5. The highest BCUT2D eigenvalue weighted by molar-refractivity contribution is 5.90. The summed E-state index contributed by atoms with van der Waals surface area (Å²) in [6.07, 6.45) is 0. The molecule has 0 saturated carbocycles. The summed E-state index contributed by atoms with van der Waals surface area (Å²) in [6.45, 7) is 7.83. The lowest BCUT2D eigenvalue weighted by Crippen LogP contribution is -2.43.